The number of benzene rings is 2. The molecule has 2 aromatic carbocycles. The average molecular weight is 493 g/mol. The van der Waals surface area contributed by atoms with E-state index in [1.165, 1.54) is 10.6 Å². The molecule has 32 heavy (non-hydrogen) atoms. The first-order valence-corrected chi connectivity index (χ1v) is 12.5. The molecule has 3 aromatic rings. The van der Waals surface area contributed by atoms with Gasteiger partial charge in [-0.3, -0.25) is 4.79 Å². The van der Waals surface area contributed by atoms with Gasteiger partial charge in [-0.1, -0.05) is 41.4 Å². The van der Waals surface area contributed by atoms with Crippen LogP contribution in [-0.2, 0) is 28.9 Å². The number of hydrogen-bond acceptors (Lipinski definition) is 4. The maximum Gasteiger partial charge on any atom is 0.251 e. The second-order valence-corrected chi connectivity index (χ2v) is 10.6. The van der Waals surface area contributed by atoms with Crippen LogP contribution < -0.4 is 5.32 Å². The second-order valence-electron chi connectivity index (χ2n) is 7.80. The molecule has 0 bridgehead atoms. The van der Waals surface area contributed by atoms with Gasteiger partial charge in [-0.15, -0.1) is 0 Å². The highest BCUT2D eigenvalue weighted by Crippen LogP contribution is 2.25. The van der Waals surface area contributed by atoms with Crippen LogP contribution in [0, 0.1) is 0 Å². The third-order valence-corrected chi connectivity index (χ3v) is 7.61. The van der Waals surface area contributed by atoms with Crippen molar-refractivity contribution in [3.63, 3.8) is 0 Å². The minimum atomic E-state index is -3.72. The number of nitrogens with one attached hydrogen (secondary N) is 1. The smallest absolute Gasteiger partial charge is 0.251 e. The topological polar surface area (TPSA) is 79.6 Å². The zero-order valence-electron chi connectivity index (χ0n) is 17.1. The summed E-state index contributed by atoms with van der Waals surface area (Å²) >= 11 is 12.0. The van der Waals surface area contributed by atoms with E-state index in [9.17, 15) is 13.2 Å². The van der Waals surface area contributed by atoms with Gasteiger partial charge in [0, 0.05) is 18.2 Å². The lowest BCUT2D eigenvalue weighted by atomic mass is 10.1. The van der Waals surface area contributed by atoms with Crippen molar-refractivity contribution in [1.29, 1.82) is 0 Å². The fourth-order valence-electron chi connectivity index (χ4n) is 3.22. The van der Waals surface area contributed by atoms with Gasteiger partial charge in [-0.25, -0.2) is 8.42 Å². The summed E-state index contributed by atoms with van der Waals surface area (Å²) in [6, 6.07) is 15.5. The lowest BCUT2D eigenvalue weighted by molar-refractivity contribution is 0.0951. The van der Waals surface area contributed by atoms with Crippen molar-refractivity contribution in [2.75, 3.05) is 0 Å². The third kappa shape index (κ3) is 5.92. The number of halogens is 2. The second kappa shape index (κ2) is 9.67. The lowest BCUT2D eigenvalue weighted by Crippen LogP contribution is -2.31. The lowest BCUT2D eigenvalue weighted by Gasteiger charge is -2.22. The molecule has 168 valence electrons. The predicted molar refractivity (Wildman–Crippen MR) is 124 cm³/mol. The van der Waals surface area contributed by atoms with E-state index < -0.39 is 10.0 Å². The third-order valence-electron chi connectivity index (χ3n) is 5.13. The molecule has 0 aliphatic heterocycles. The Kier molecular flexibility index (Phi) is 6.90. The molecule has 9 heteroatoms. The molecule has 1 fully saturated rings. The van der Waals surface area contributed by atoms with E-state index in [1.807, 2.05) is 0 Å². The molecule has 1 heterocycles. The van der Waals surface area contributed by atoms with Crippen LogP contribution in [0.3, 0.4) is 0 Å². The number of nitrogens with zero attached hydrogens (tertiary/aromatic N) is 1. The Labute approximate surface area is 197 Å². The molecule has 4 rings (SSSR count). The van der Waals surface area contributed by atoms with Crippen molar-refractivity contribution in [2.45, 2.75) is 37.7 Å². The maximum absolute atomic E-state index is 13.3. The summed E-state index contributed by atoms with van der Waals surface area (Å²) in [5.41, 5.74) is 1.85. The molecule has 1 saturated carbocycles. The van der Waals surface area contributed by atoms with Crippen molar-refractivity contribution in [2.24, 2.45) is 0 Å². The number of hydrogen-bond donors (Lipinski definition) is 1. The Morgan fingerprint density at radius 1 is 1.00 bits per heavy atom. The average Bonchev–Trinajstić information content (AvgIpc) is 3.42. The fourth-order valence-corrected chi connectivity index (χ4v) is 5.00. The van der Waals surface area contributed by atoms with Crippen LogP contribution in [0.15, 0.2) is 65.3 Å². The Morgan fingerprint density at radius 2 is 1.72 bits per heavy atom. The Balaban J connectivity index is 1.53. The van der Waals surface area contributed by atoms with E-state index in [0.29, 0.717) is 26.9 Å². The van der Waals surface area contributed by atoms with Gasteiger partial charge < -0.3 is 9.73 Å². The maximum atomic E-state index is 13.3. The molecule has 0 radical (unpaired) electrons. The summed E-state index contributed by atoms with van der Waals surface area (Å²) in [7, 11) is -3.72. The van der Waals surface area contributed by atoms with E-state index in [0.717, 1.165) is 18.4 Å². The van der Waals surface area contributed by atoms with Crippen LogP contribution in [0.1, 0.15) is 40.1 Å². The molecule has 1 aliphatic carbocycles. The highest BCUT2D eigenvalue weighted by molar-refractivity contribution is 7.88. The minimum Gasteiger partial charge on any atom is -0.468 e. The van der Waals surface area contributed by atoms with Crippen molar-refractivity contribution in [3.05, 3.63) is 93.4 Å². The molecule has 0 unspecified atom stereocenters. The molecular weight excluding hydrogens is 471 g/mol. The molecule has 0 atom stereocenters. The number of sulfonamides is 1. The standard InChI is InChI=1S/C23H22Cl2N2O4S/c24-21-10-5-17(12-22(21)25)15-32(29,30)27(14-20-2-1-11-31-20)13-16-3-6-18(7-4-16)23(28)26-19-8-9-19/h1-7,10-12,19H,8-9,13-15H2,(H,26,28). The zero-order chi connectivity index (χ0) is 22.7. The molecule has 1 aliphatic rings. The molecular formula is C23H22Cl2N2O4S. The number of carbonyl (C=O) groups excluding carboxylic acids is 1. The van der Waals surface area contributed by atoms with Gasteiger partial charge in [-0.2, -0.15) is 4.31 Å². The highest BCUT2D eigenvalue weighted by Gasteiger charge is 2.26. The normalized spacial score (nSPS) is 14.0. The van der Waals surface area contributed by atoms with Gasteiger partial charge in [-0.05, 0) is 60.4 Å². The summed E-state index contributed by atoms with van der Waals surface area (Å²) in [6.45, 7) is 0.218. The number of amides is 1. The van der Waals surface area contributed by atoms with Gasteiger partial charge in [0.25, 0.3) is 5.91 Å². The quantitative estimate of drug-likeness (QED) is 0.455. The van der Waals surface area contributed by atoms with E-state index in [4.69, 9.17) is 27.6 Å². The van der Waals surface area contributed by atoms with Gasteiger partial charge in [0.2, 0.25) is 10.0 Å². The fraction of sp³-hybridized carbons (Fsp3) is 0.261. The van der Waals surface area contributed by atoms with Crippen LogP contribution in [-0.4, -0.2) is 24.7 Å². The molecule has 1 amide bonds. The number of carbonyl (C=O) groups is 1. The molecule has 1 aromatic heterocycles. The highest BCUT2D eigenvalue weighted by atomic mass is 35.5. The summed E-state index contributed by atoms with van der Waals surface area (Å²) in [4.78, 5) is 12.2. The van der Waals surface area contributed by atoms with Crippen LogP contribution >= 0.6 is 23.2 Å². The van der Waals surface area contributed by atoms with Gasteiger partial charge >= 0.3 is 0 Å². The van der Waals surface area contributed by atoms with Crippen molar-refractivity contribution in [1.82, 2.24) is 9.62 Å². The Hall–Kier alpha value is -2.32. The van der Waals surface area contributed by atoms with Gasteiger partial charge in [0.15, 0.2) is 0 Å². The first kappa shape index (κ1) is 22.9. The van der Waals surface area contributed by atoms with Crippen molar-refractivity contribution >= 4 is 39.1 Å². The van der Waals surface area contributed by atoms with Gasteiger partial charge in [0.05, 0.1) is 28.6 Å². The monoisotopic (exact) mass is 492 g/mol. The summed E-state index contributed by atoms with van der Waals surface area (Å²) < 4.78 is 33.3. The van der Waals surface area contributed by atoms with Crippen LogP contribution in [0.5, 0.6) is 0 Å². The molecule has 0 saturated heterocycles. The largest absolute Gasteiger partial charge is 0.468 e. The zero-order valence-corrected chi connectivity index (χ0v) is 19.5. The Bertz CT molecular complexity index is 1190. The Morgan fingerprint density at radius 3 is 2.34 bits per heavy atom. The molecule has 1 N–H and O–H groups in total. The minimum absolute atomic E-state index is 0.0839. The number of rotatable bonds is 9. The summed E-state index contributed by atoms with van der Waals surface area (Å²) in [6.07, 6.45) is 3.54. The SMILES string of the molecule is O=C(NC1CC1)c1ccc(CN(Cc2ccco2)S(=O)(=O)Cc2ccc(Cl)c(Cl)c2)cc1. The van der Waals surface area contributed by atoms with Crippen molar-refractivity contribution in [3.8, 4) is 0 Å². The van der Waals surface area contributed by atoms with Gasteiger partial charge in [0.1, 0.15) is 5.76 Å². The van der Waals surface area contributed by atoms with Crippen LogP contribution in [0.2, 0.25) is 10.0 Å². The van der Waals surface area contributed by atoms with Crippen molar-refractivity contribution < 1.29 is 17.6 Å². The van der Waals surface area contributed by atoms with E-state index >= 15 is 0 Å². The van der Waals surface area contributed by atoms with Crippen LogP contribution in [0.4, 0.5) is 0 Å². The predicted octanol–water partition coefficient (Wildman–Crippen LogP) is 5.01. The van der Waals surface area contributed by atoms with Crippen LogP contribution in [0.25, 0.3) is 0 Å². The van der Waals surface area contributed by atoms with E-state index in [2.05, 4.69) is 5.32 Å². The van der Waals surface area contributed by atoms with E-state index in [-0.39, 0.29) is 30.8 Å². The first-order valence-electron chi connectivity index (χ1n) is 10.1. The summed E-state index contributed by atoms with van der Waals surface area (Å²) in [5.74, 6) is 0.189. The number of furan rings is 1. The molecule has 0 spiro atoms. The molecule has 6 nitrogen and oxygen atoms in total. The summed E-state index contributed by atoms with van der Waals surface area (Å²) in [5, 5.41) is 3.61. The van der Waals surface area contributed by atoms with E-state index in [1.54, 1.807) is 54.6 Å². The first-order chi connectivity index (χ1) is 15.3.